The molecule has 0 aliphatic heterocycles. The molecule has 3 aromatic carbocycles. The first-order valence-electron chi connectivity index (χ1n) is 9.15. The lowest BCUT2D eigenvalue weighted by Gasteiger charge is -2.12. The molecule has 0 aliphatic rings. The SMILES string of the molecule is CCOc1ccccc1NC(=O)c1ccc(OCc2cccc(C(=O)O)c2)cc1. The van der Waals surface area contributed by atoms with Crippen LogP contribution in [0.3, 0.4) is 0 Å². The van der Waals surface area contributed by atoms with Gasteiger partial charge < -0.3 is 19.9 Å². The molecule has 0 aromatic heterocycles. The molecular formula is C23H21NO5. The predicted octanol–water partition coefficient (Wildman–Crippen LogP) is 4.61. The van der Waals surface area contributed by atoms with Crippen molar-refractivity contribution in [3.63, 3.8) is 0 Å². The summed E-state index contributed by atoms with van der Waals surface area (Å²) >= 11 is 0. The maximum atomic E-state index is 12.5. The second-order valence-electron chi connectivity index (χ2n) is 6.20. The van der Waals surface area contributed by atoms with E-state index in [2.05, 4.69) is 5.32 Å². The van der Waals surface area contributed by atoms with Crippen LogP contribution in [0.15, 0.2) is 72.8 Å². The van der Waals surface area contributed by atoms with Crippen molar-refractivity contribution in [1.82, 2.24) is 0 Å². The van der Waals surface area contributed by atoms with Crippen LogP contribution in [-0.2, 0) is 6.61 Å². The Labute approximate surface area is 168 Å². The van der Waals surface area contributed by atoms with Gasteiger partial charge >= 0.3 is 5.97 Å². The molecule has 0 radical (unpaired) electrons. The lowest BCUT2D eigenvalue weighted by molar-refractivity contribution is 0.0696. The number of rotatable bonds is 8. The summed E-state index contributed by atoms with van der Waals surface area (Å²) in [5.41, 5.74) is 2.05. The highest BCUT2D eigenvalue weighted by Crippen LogP contribution is 2.24. The highest BCUT2D eigenvalue weighted by atomic mass is 16.5. The van der Waals surface area contributed by atoms with E-state index in [-0.39, 0.29) is 18.1 Å². The maximum absolute atomic E-state index is 12.5. The number of benzene rings is 3. The van der Waals surface area contributed by atoms with E-state index in [9.17, 15) is 9.59 Å². The number of aromatic carboxylic acids is 1. The van der Waals surface area contributed by atoms with Crippen LogP contribution in [0.4, 0.5) is 5.69 Å². The van der Waals surface area contributed by atoms with Gasteiger partial charge in [0.1, 0.15) is 18.1 Å². The summed E-state index contributed by atoms with van der Waals surface area (Å²) in [6, 6.07) is 20.6. The van der Waals surface area contributed by atoms with Crippen LogP contribution >= 0.6 is 0 Å². The summed E-state index contributed by atoms with van der Waals surface area (Å²) in [5.74, 6) is -0.0325. The summed E-state index contributed by atoms with van der Waals surface area (Å²) in [6.45, 7) is 2.62. The molecule has 6 heteroatoms. The number of carboxylic acid groups (broad SMARTS) is 1. The number of ether oxygens (including phenoxy) is 2. The third kappa shape index (κ3) is 5.35. The summed E-state index contributed by atoms with van der Waals surface area (Å²) in [4.78, 5) is 23.5. The quantitative estimate of drug-likeness (QED) is 0.585. The Bertz CT molecular complexity index is 998. The number of hydrogen-bond donors (Lipinski definition) is 2. The van der Waals surface area contributed by atoms with E-state index in [1.54, 1.807) is 54.6 Å². The molecule has 0 saturated carbocycles. The molecule has 1 amide bonds. The zero-order chi connectivity index (χ0) is 20.6. The maximum Gasteiger partial charge on any atom is 0.335 e. The fourth-order valence-corrected chi connectivity index (χ4v) is 2.71. The van der Waals surface area contributed by atoms with Crippen molar-refractivity contribution in [3.8, 4) is 11.5 Å². The third-order valence-corrected chi connectivity index (χ3v) is 4.13. The van der Waals surface area contributed by atoms with Crippen LogP contribution in [0, 0.1) is 0 Å². The second-order valence-corrected chi connectivity index (χ2v) is 6.20. The predicted molar refractivity (Wildman–Crippen MR) is 110 cm³/mol. The van der Waals surface area contributed by atoms with Gasteiger partial charge in [-0.15, -0.1) is 0 Å². The molecule has 0 saturated heterocycles. The van der Waals surface area contributed by atoms with Gasteiger partial charge in [0.25, 0.3) is 5.91 Å². The lowest BCUT2D eigenvalue weighted by atomic mass is 10.1. The van der Waals surface area contributed by atoms with Crippen molar-refractivity contribution in [2.75, 3.05) is 11.9 Å². The smallest absolute Gasteiger partial charge is 0.335 e. The molecular weight excluding hydrogens is 370 g/mol. The van der Waals surface area contributed by atoms with Crippen LogP contribution in [0.5, 0.6) is 11.5 Å². The number of nitrogens with one attached hydrogen (secondary N) is 1. The third-order valence-electron chi connectivity index (χ3n) is 4.13. The molecule has 0 aliphatic carbocycles. The van der Waals surface area contributed by atoms with Crippen molar-refractivity contribution >= 4 is 17.6 Å². The van der Waals surface area contributed by atoms with Gasteiger partial charge in [0.2, 0.25) is 0 Å². The zero-order valence-corrected chi connectivity index (χ0v) is 15.9. The lowest BCUT2D eigenvalue weighted by Crippen LogP contribution is -2.12. The molecule has 3 aromatic rings. The number of carboxylic acids is 1. The minimum atomic E-state index is -0.979. The van der Waals surface area contributed by atoms with Gasteiger partial charge in [0.15, 0.2) is 0 Å². The average molecular weight is 391 g/mol. The molecule has 0 spiro atoms. The first-order valence-corrected chi connectivity index (χ1v) is 9.15. The van der Waals surface area contributed by atoms with Crippen molar-refractivity contribution in [2.24, 2.45) is 0 Å². The van der Waals surface area contributed by atoms with E-state index in [1.165, 1.54) is 6.07 Å². The molecule has 2 N–H and O–H groups in total. The number of para-hydroxylation sites is 2. The van der Waals surface area contributed by atoms with Crippen molar-refractivity contribution in [2.45, 2.75) is 13.5 Å². The summed E-state index contributed by atoms with van der Waals surface area (Å²) in [5, 5.41) is 11.9. The topological polar surface area (TPSA) is 84.9 Å². The van der Waals surface area contributed by atoms with E-state index in [4.69, 9.17) is 14.6 Å². The van der Waals surface area contributed by atoms with Crippen LogP contribution in [0.2, 0.25) is 0 Å². The molecule has 0 heterocycles. The van der Waals surface area contributed by atoms with E-state index in [1.807, 2.05) is 19.1 Å². The Hall–Kier alpha value is -3.80. The monoisotopic (exact) mass is 391 g/mol. The molecule has 3 rings (SSSR count). The average Bonchev–Trinajstić information content (AvgIpc) is 2.74. The van der Waals surface area contributed by atoms with Crippen LogP contribution in [-0.4, -0.2) is 23.6 Å². The molecule has 148 valence electrons. The highest BCUT2D eigenvalue weighted by Gasteiger charge is 2.10. The van der Waals surface area contributed by atoms with Crippen LogP contribution in [0.1, 0.15) is 33.2 Å². The standard InChI is InChI=1S/C23H21NO5/c1-2-28-21-9-4-3-8-20(21)24-22(25)17-10-12-19(13-11-17)29-15-16-6-5-7-18(14-16)23(26)27/h3-14H,2,15H2,1H3,(H,24,25)(H,26,27). The number of amides is 1. The van der Waals surface area contributed by atoms with Crippen LogP contribution < -0.4 is 14.8 Å². The second kappa shape index (κ2) is 9.41. The molecule has 0 fully saturated rings. The Balaban J connectivity index is 1.62. The van der Waals surface area contributed by atoms with E-state index < -0.39 is 5.97 Å². The van der Waals surface area contributed by atoms with Crippen LogP contribution in [0.25, 0.3) is 0 Å². The Kier molecular flexibility index (Phi) is 6.47. The minimum absolute atomic E-state index is 0.213. The largest absolute Gasteiger partial charge is 0.492 e. The first-order chi connectivity index (χ1) is 14.1. The fraction of sp³-hybridized carbons (Fsp3) is 0.130. The fourth-order valence-electron chi connectivity index (χ4n) is 2.71. The van der Waals surface area contributed by atoms with E-state index in [0.717, 1.165) is 5.56 Å². The first kappa shape index (κ1) is 19.9. The van der Waals surface area contributed by atoms with Crippen molar-refractivity contribution in [1.29, 1.82) is 0 Å². The summed E-state index contributed by atoms with van der Waals surface area (Å²) < 4.78 is 11.2. The van der Waals surface area contributed by atoms with Gasteiger partial charge in [-0.2, -0.15) is 0 Å². The molecule has 0 unspecified atom stereocenters. The Morgan fingerprint density at radius 1 is 0.897 bits per heavy atom. The van der Waals surface area contributed by atoms with Gasteiger partial charge in [-0.25, -0.2) is 4.79 Å². The number of anilines is 1. The summed E-state index contributed by atoms with van der Waals surface area (Å²) in [6.07, 6.45) is 0. The summed E-state index contributed by atoms with van der Waals surface area (Å²) in [7, 11) is 0. The Morgan fingerprint density at radius 3 is 2.38 bits per heavy atom. The van der Waals surface area contributed by atoms with Crippen molar-refractivity contribution in [3.05, 3.63) is 89.5 Å². The highest BCUT2D eigenvalue weighted by molar-refractivity contribution is 6.05. The van der Waals surface area contributed by atoms with Gasteiger partial charge in [0, 0.05) is 5.56 Å². The van der Waals surface area contributed by atoms with E-state index in [0.29, 0.717) is 29.4 Å². The van der Waals surface area contributed by atoms with Gasteiger partial charge in [-0.1, -0.05) is 24.3 Å². The van der Waals surface area contributed by atoms with E-state index >= 15 is 0 Å². The number of carbonyl (C=O) groups excluding carboxylic acids is 1. The van der Waals surface area contributed by atoms with Gasteiger partial charge in [0.05, 0.1) is 17.9 Å². The molecule has 0 atom stereocenters. The molecule has 0 bridgehead atoms. The van der Waals surface area contributed by atoms with Crippen molar-refractivity contribution < 1.29 is 24.2 Å². The van der Waals surface area contributed by atoms with Gasteiger partial charge in [-0.05, 0) is 61.0 Å². The number of carbonyl (C=O) groups is 2. The molecule has 29 heavy (non-hydrogen) atoms. The minimum Gasteiger partial charge on any atom is -0.492 e. The molecule has 6 nitrogen and oxygen atoms in total. The number of hydrogen-bond acceptors (Lipinski definition) is 4. The normalized spacial score (nSPS) is 10.2. The van der Waals surface area contributed by atoms with Gasteiger partial charge in [-0.3, -0.25) is 4.79 Å². The zero-order valence-electron chi connectivity index (χ0n) is 15.9. The Morgan fingerprint density at radius 2 is 1.66 bits per heavy atom.